The van der Waals surface area contributed by atoms with E-state index in [1.807, 2.05) is 16.9 Å². The third-order valence-corrected chi connectivity index (χ3v) is 4.84. The van der Waals surface area contributed by atoms with Crippen LogP contribution in [0.15, 0.2) is 42.7 Å². The average Bonchev–Trinajstić information content (AvgIpc) is 3.40. The molecule has 1 aromatic carbocycles. The minimum absolute atomic E-state index is 0.125. The first-order valence-electron chi connectivity index (χ1n) is 9.46. The summed E-state index contributed by atoms with van der Waals surface area (Å²) < 4.78 is 14.8. The second-order valence-corrected chi connectivity index (χ2v) is 6.87. The highest BCUT2D eigenvalue weighted by Crippen LogP contribution is 2.21. The first kappa shape index (κ1) is 18.7. The van der Waals surface area contributed by atoms with Gasteiger partial charge in [-0.15, -0.1) is 5.10 Å². The van der Waals surface area contributed by atoms with Crippen LogP contribution >= 0.6 is 0 Å². The summed E-state index contributed by atoms with van der Waals surface area (Å²) in [6.45, 7) is 5.18. The topological polar surface area (TPSA) is 83.1 Å². The van der Waals surface area contributed by atoms with E-state index in [1.165, 1.54) is 11.1 Å². The van der Waals surface area contributed by atoms with Gasteiger partial charge in [0.1, 0.15) is 6.10 Å². The Morgan fingerprint density at radius 3 is 2.75 bits per heavy atom. The van der Waals surface area contributed by atoms with Crippen molar-refractivity contribution in [2.45, 2.75) is 25.7 Å². The fourth-order valence-electron chi connectivity index (χ4n) is 3.37. The summed E-state index contributed by atoms with van der Waals surface area (Å²) in [6, 6.07) is 10.6. The van der Waals surface area contributed by atoms with Crippen molar-refractivity contribution < 1.29 is 9.47 Å². The predicted octanol–water partition coefficient (Wildman–Crippen LogP) is 1.14. The smallest absolute Gasteiger partial charge is 0.181 e. The SMILES string of the molecule is COCCn1nnnc1[C@H]1CN(Cc2ccc(Cn3cccn3)cc2)CCO1. The van der Waals surface area contributed by atoms with E-state index < -0.39 is 0 Å². The van der Waals surface area contributed by atoms with Crippen molar-refractivity contribution in [1.82, 2.24) is 34.9 Å². The maximum absolute atomic E-state index is 5.93. The Balaban J connectivity index is 1.35. The Morgan fingerprint density at radius 2 is 2.00 bits per heavy atom. The normalized spacial score (nSPS) is 17.8. The summed E-state index contributed by atoms with van der Waals surface area (Å²) in [7, 11) is 1.67. The molecular weight excluding hydrogens is 358 g/mol. The molecule has 0 amide bonds. The van der Waals surface area contributed by atoms with E-state index in [0.29, 0.717) is 19.8 Å². The molecule has 0 N–H and O–H groups in total. The molecule has 28 heavy (non-hydrogen) atoms. The molecule has 2 aromatic heterocycles. The highest BCUT2D eigenvalue weighted by atomic mass is 16.5. The van der Waals surface area contributed by atoms with Crippen LogP contribution in [0.4, 0.5) is 0 Å². The van der Waals surface area contributed by atoms with Crippen LogP contribution in [-0.4, -0.2) is 68.3 Å². The van der Waals surface area contributed by atoms with Crippen LogP contribution in [0.1, 0.15) is 23.1 Å². The van der Waals surface area contributed by atoms with Crippen molar-refractivity contribution in [2.24, 2.45) is 0 Å². The molecular formula is C19H25N7O2. The molecule has 0 unspecified atom stereocenters. The summed E-state index contributed by atoms with van der Waals surface area (Å²) >= 11 is 0. The largest absolute Gasteiger partial charge is 0.383 e. The lowest BCUT2D eigenvalue weighted by molar-refractivity contribution is -0.0396. The van der Waals surface area contributed by atoms with E-state index in [9.17, 15) is 0 Å². The van der Waals surface area contributed by atoms with Gasteiger partial charge in [-0.2, -0.15) is 5.10 Å². The van der Waals surface area contributed by atoms with E-state index >= 15 is 0 Å². The first-order chi connectivity index (χ1) is 13.8. The zero-order valence-corrected chi connectivity index (χ0v) is 16.0. The molecule has 0 saturated carbocycles. The van der Waals surface area contributed by atoms with Crippen LogP contribution in [0.25, 0.3) is 0 Å². The second kappa shape index (κ2) is 9.05. The van der Waals surface area contributed by atoms with E-state index in [1.54, 1.807) is 18.0 Å². The quantitative estimate of drug-likeness (QED) is 0.577. The van der Waals surface area contributed by atoms with Gasteiger partial charge in [0.15, 0.2) is 5.82 Å². The molecule has 3 heterocycles. The fraction of sp³-hybridized carbons (Fsp3) is 0.474. The van der Waals surface area contributed by atoms with Crippen molar-refractivity contribution in [1.29, 1.82) is 0 Å². The number of aromatic nitrogens is 6. The van der Waals surface area contributed by atoms with Crippen molar-refractivity contribution in [3.8, 4) is 0 Å². The van der Waals surface area contributed by atoms with Crippen LogP contribution in [0.2, 0.25) is 0 Å². The average molecular weight is 383 g/mol. The van der Waals surface area contributed by atoms with E-state index in [2.05, 4.69) is 49.8 Å². The molecule has 148 valence electrons. The Hall–Kier alpha value is -2.62. The highest BCUT2D eigenvalue weighted by Gasteiger charge is 2.26. The molecule has 1 fully saturated rings. The number of morpholine rings is 1. The van der Waals surface area contributed by atoms with Crippen molar-refractivity contribution in [3.63, 3.8) is 0 Å². The lowest BCUT2D eigenvalue weighted by Crippen LogP contribution is -2.39. The number of rotatable bonds is 8. The Kier molecular flexibility index (Phi) is 6.05. The van der Waals surface area contributed by atoms with E-state index in [0.717, 1.165) is 32.0 Å². The maximum atomic E-state index is 5.93. The molecule has 1 saturated heterocycles. The zero-order chi connectivity index (χ0) is 19.2. The third-order valence-electron chi connectivity index (χ3n) is 4.84. The molecule has 1 atom stereocenters. The Labute approximate surface area is 163 Å². The van der Waals surface area contributed by atoms with Gasteiger partial charge in [-0.1, -0.05) is 24.3 Å². The van der Waals surface area contributed by atoms with Gasteiger partial charge in [-0.05, 0) is 27.6 Å². The summed E-state index contributed by atoms with van der Waals surface area (Å²) in [5.74, 6) is 0.760. The predicted molar refractivity (Wildman–Crippen MR) is 101 cm³/mol. The first-order valence-corrected chi connectivity index (χ1v) is 9.46. The number of hydrogen-bond donors (Lipinski definition) is 0. The third kappa shape index (κ3) is 4.61. The molecule has 0 aliphatic carbocycles. The molecule has 0 radical (unpaired) electrons. The van der Waals surface area contributed by atoms with Crippen LogP contribution in [0.5, 0.6) is 0 Å². The fourth-order valence-corrected chi connectivity index (χ4v) is 3.37. The van der Waals surface area contributed by atoms with Gasteiger partial charge >= 0.3 is 0 Å². The van der Waals surface area contributed by atoms with Crippen molar-refractivity contribution >= 4 is 0 Å². The molecule has 0 bridgehead atoms. The van der Waals surface area contributed by atoms with Crippen LogP contribution in [0, 0.1) is 0 Å². The minimum Gasteiger partial charge on any atom is -0.383 e. The maximum Gasteiger partial charge on any atom is 0.181 e. The minimum atomic E-state index is -0.125. The van der Waals surface area contributed by atoms with Gasteiger partial charge in [0, 0.05) is 39.1 Å². The Morgan fingerprint density at radius 1 is 1.18 bits per heavy atom. The molecule has 9 heteroatoms. The van der Waals surface area contributed by atoms with Gasteiger partial charge in [0.2, 0.25) is 0 Å². The van der Waals surface area contributed by atoms with Gasteiger partial charge in [0.25, 0.3) is 0 Å². The monoisotopic (exact) mass is 383 g/mol. The van der Waals surface area contributed by atoms with E-state index in [4.69, 9.17) is 9.47 Å². The van der Waals surface area contributed by atoms with Crippen LogP contribution in [0.3, 0.4) is 0 Å². The van der Waals surface area contributed by atoms with Crippen LogP contribution in [-0.2, 0) is 29.1 Å². The lowest BCUT2D eigenvalue weighted by Gasteiger charge is -2.32. The number of hydrogen-bond acceptors (Lipinski definition) is 7. The van der Waals surface area contributed by atoms with E-state index in [-0.39, 0.29) is 6.10 Å². The summed E-state index contributed by atoms with van der Waals surface area (Å²) in [5.41, 5.74) is 2.52. The summed E-state index contributed by atoms with van der Waals surface area (Å²) in [4.78, 5) is 2.38. The van der Waals surface area contributed by atoms with Gasteiger partial charge < -0.3 is 9.47 Å². The molecule has 1 aliphatic rings. The van der Waals surface area contributed by atoms with Gasteiger partial charge in [-0.3, -0.25) is 9.58 Å². The molecule has 4 rings (SSSR count). The van der Waals surface area contributed by atoms with Crippen molar-refractivity contribution in [2.75, 3.05) is 33.4 Å². The summed E-state index contributed by atoms with van der Waals surface area (Å²) in [5, 5.41) is 16.3. The summed E-state index contributed by atoms with van der Waals surface area (Å²) in [6.07, 6.45) is 3.65. The number of nitrogens with zero attached hydrogens (tertiary/aromatic N) is 7. The number of ether oxygens (including phenoxy) is 2. The molecule has 3 aromatic rings. The second-order valence-electron chi connectivity index (χ2n) is 6.87. The highest BCUT2D eigenvalue weighted by molar-refractivity contribution is 5.22. The standard InChI is InChI=1S/C19H25N7O2/c1-27-11-10-26-19(21-22-23-26)18-15-24(9-12-28-18)13-16-3-5-17(6-4-16)14-25-8-2-7-20-25/h2-8,18H,9-15H2,1H3/t18-/m1/s1. The Bertz CT molecular complexity index is 848. The zero-order valence-electron chi connectivity index (χ0n) is 16.0. The number of methoxy groups -OCH3 is 1. The van der Waals surface area contributed by atoms with Gasteiger partial charge in [-0.25, -0.2) is 4.68 Å². The number of tetrazole rings is 1. The molecule has 0 spiro atoms. The molecule has 9 nitrogen and oxygen atoms in total. The van der Waals surface area contributed by atoms with Crippen molar-refractivity contribution in [3.05, 3.63) is 59.7 Å². The van der Waals surface area contributed by atoms with Gasteiger partial charge in [0.05, 0.1) is 26.3 Å². The van der Waals surface area contributed by atoms with Crippen LogP contribution < -0.4 is 0 Å². The number of benzene rings is 1. The lowest BCUT2D eigenvalue weighted by atomic mass is 10.1. The molecule has 1 aliphatic heterocycles.